The van der Waals surface area contributed by atoms with Crippen molar-refractivity contribution < 1.29 is 9.21 Å². The van der Waals surface area contributed by atoms with Gasteiger partial charge in [-0.2, -0.15) is 0 Å². The molecule has 1 amide bonds. The van der Waals surface area contributed by atoms with Gasteiger partial charge in [0.2, 0.25) is 17.7 Å². The number of nitrogens with zero attached hydrogens (tertiary/aromatic N) is 8. The van der Waals surface area contributed by atoms with Gasteiger partial charge in [0.1, 0.15) is 17.6 Å². The first kappa shape index (κ1) is 20.0. The Morgan fingerprint density at radius 3 is 2.83 bits per heavy atom. The smallest absolute Gasteiger partial charge is 0.249 e. The van der Waals surface area contributed by atoms with E-state index in [1.165, 1.54) is 11.1 Å². The number of hydrogen-bond acceptors (Lipinski definition) is 8. The van der Waals surface area contributed by atoms with Crippen LogP contribution in [0.2, 0.25) is 0 Å². The molecule has 174 valence electrons. The molecule has 4 aromatic heterocycles. The van der Waals surface area contributed by atoms with Gasteiger partial charge < -0.3 is 13.9 Å². The van der Waals surface area contributed by atoms with Gasteiger partial charge in [-0.15, -0.1) is 15.3 Å². The number of fused-ring (bicyclic) bond motifs is 3. The number of imidazole rings is 1. The maximum absolute atomic E-state index is 12.7. The Bertz CT molecular complexity index is 1540. The number of aromatic nitrogens is 8. The highest BCUT2D eigenvalue weighted by Crippen LogP contribution is 2.32. The zero-order chi connectivity index (χ0) is 23.4. The summed E-state index contributed by atoms with van der Waals surface area (Å²) in [5.41, 5.74) is 6.83. The molecule has 11 nitrogen and oxygen atoms in total. The van der Waals surface area contributed by atoms with Crippen LogP contribution in [0.15, 0.2) is 47.3 Å². The predicted octanol–water partition coefficient (Wildman–Crippen LogP) is 2.07. The van der Waals surface area contributed by atoms with Gasteiger partial charge in [0, 0.05) is 25.2 Å². The minimum absolute atomic E-state index is 0.0344. The Labute approximate surface area is 199 Å². The first-order valence-electron chi connectivity index (χ1n) is 11.6. The van der Waals surface area contributed by atoms with Gasteiger partial charge in [-0.05, 0) is 30.0 Å². The molecule has 5 heterocycles. The van der Waals surface area contributed by atoms with E-state index in [1.54, 1.807) is 11.1 Å². The lowest BCUT2D eigenvalue weighted by molar-refractivity contribution is -0.131. The van der Waals surface area contributed by atoms with Crippen LogP contribution in [-0.2, 0) is 37.0 Å². The maximum Gasteiger partial charge on any atom is 0.249 e. The molecular weight excluding hydrogens is 446 g/mol. The molecule has 2 aliphatic rings. The average Bonchev–Trinajstić information content (AvgIpc) is 3.68. The van der Waals surface area contributed by atoms with Crippen molar-refractivity contribution in [3.05, 3.63) is 71.3 Å². The number of carbonyl (C=O) groups excluding carboxylic acids is 1. The zero-order valence-corrected chi connectivity index (χ0v) is 18.8. The van der Waals surface area contributed by atoms with E-state index in [0.717, 1.165) is 35.4 Å². The van der Waals surface area contributed by atoms with E-state index in [9.17, 15) is 4.79 Å². The van der Waals surface area contributed by atoms with E-state index in [0.29, 0.717) is 37.0 Å². The normalized spacial score (nSPS) is 15.5. The SMILES string of the molecule is O=C(Cc1nnc(-c2cnc3c(c2)ncn3C2Cc3ccccc3C2)o1)N1CCc2[nH]nnc2C1. The second-order valence-corrected chi connectivity index (χ2v) is 9.03. The van der Waals surface area contributed by atoms with E-state index in [1.807, 2.05) is 12.4 Å². The molecule has 1 aliphatic heterocycles. The molecule has 0 unspecified atom stereocenters. The summed E-state index contributed by atoms with van der Waals surface area (Å²) < 4.78 is 7.95. The Kier molecular flexibility index (Phi) is 4.47. The van der Waals surface area contributed by atoms with Crippen molar-refractivity contribution in [2.45, 2.75) is 38.3 Å². The van der Waals surface area contributed by atoms with E-state index in [2.05, 4.69) is 64.4 Å². The highest BCUT2D eigenvalue weighted by atomic mass is 16.4. The Morgan fingerprint density at radius 1 is 1.11 bits per heavy atom. The minimum atomic E-state index is -0.0845. The summed E-state index contributed by atoms with van der Waals surface area (Å²) in [7, 11) is 0. The fourth-order valence-electron chi connectivity index (χ4n) is 5.04. The van der Waals surface area contributed by atoms with E-state index in [4.69, 9.17) is 4.42 Å². The van der Waals surface area contributed by atoms with Crippen molar-refractivity contribution >= 4 is 17.1 Å². The zero-order valence-electron chi connectivity index (χ0n) is 18.8. The van der Waals surface area contributed by atoms with Gasteiger partial charge in [0.05, 0.1) is 24.1 Å². The Hall–Kier alpha value is -4.41. The van der Waals surface area contributed by atoms with Crippen LogP contribution in [0.25, 0.3) is 22.6 Å². The van der Waals surface area contributed by atoms with Crippen molar-refractivity contribution in [1.29, 1.82) is 0 Å². The molecule has 5 aromatic rings. The molecule has 0 bridgehead atoms. The first-order valence-corrected chi connectivity index (χ1v) is 11.6. The van der Waals surface area contributed by atoms with E-state index < -0.39 is 0 Å². The second kappa shape index (κ2) is 7.83. The highest BCUT2D eigenvalue weighted by Gasteiger charge is 2.26. The molecule has 35 heavy (non-hydrogen) atoms. The monoisotopic (exact) mass is 467 g/mol. The van der Waals surface area contributed by atoms with Gasteiger partial charge in [-0.3, -0.25) is 9.89 Å². The summed E-state index contributed by atoms with van der Waals surface area (Å²) in [5.74, 6) is 0.506. The lowest BCUT2D eigenvalue weighted by Crippen LogP contribution is -2.37. The van der Waals surface area contributed by atoms with Gasteiger partial charge in [0.15, 0.2) is 5.65 Å². The van der Waals surface area contributed by atoms with Crippen LogP contribution in [-0.4, -0.2) is 57.5 Å². The molecule has 0 saturated carbocycles. The van der Waals surface area contributed by atoms with Crippen molar-refractivity contribution in [2.75, 3.05) is 6.54 Å². The summed E-state index contributed by atoms with van der Waals surface area (Å²) in [6, 6.07) is 10.8. The minimum Gasteiger partial charge on any atom is -0.420 e. The van der Waals surface area contributed by atoms with Crippen molar-refractivity contribution in [1.82, 2.24) is 45.0 Å². The number of carbonyl (C=O) groups is 1. The van der Waals surface area contributed by atoms with E-state index in [-0.39, 0.29) is 18.2 Å². The topological polar surface area (TPSA) is 132 Å². The average molecular weight is 467 g/mol. The van der Waals surface area contributed by atoms with Crippen LogP contribution in [0, 0.1) is 0 Å². The molecule has 0 saturated heterocycles. The number of hydrogen-bond donors (Lipinski definition) is 1. The molecule has 0 radical (unpaired) electrons. The lowest BCUT2D eigenvalue weighted by Gasteiger charge is -2.25. The number of aromatic amines is 1. The maximum atomic E-state index is 12.7. The summed E-state index contributed by atoms with van der Waals surface area (Å²) >= 11 is 0. The van der Waals surface area contributed by atoms with Gasteiger partial charge in [-0.1, -0.05) is 29.5 Å². The molecule has 0 fully saturated rings. The van der Waals surface area contributed by atoms with Gasteiger partial charge in [-0.25, -0.2) is 9.97 Å². The van der Waals surface area contributed by atoms with Crippen LogP contribution in [0.4, 0.5) is 0 Å². The fourth-order valence-corrected chi connectivity index (χ4v) is 5.04. The summed E-state index contributed by atoms with van der Waals surface area (Å²) in [5, 5.41) is 18.9. The third-order valence-corrected chi connectivity index (χ3v) is 6.88. The highest BCUT2D eigenvalue weighted by molar-refractivity contribution is 5.78. The molecule has 11 heteroatoms. The molecule has 7 rings (SSSR count). The van der Waals surface area contributed by atoms with Crippen molar-refractivity contribution in [2.24, 2.45) is 0 Å². The van der Waals surface area contributed by atoms with Crippen LogP contribution in [0.1, 0.15) is 34.4 Å². The summed E-state index contributed by atoms with van der Waals surface area (Å²) in [6.45, 7) is 1.03. The van der Waals surface area contributed by atoms with Crippen molar-refractivity contribution in [3.63, 3.8) is 0 Å². The van der Waals surface area contributed by atoms with Crippen LogP contribution < -0.4 is 0 Å². The standard InChI is InChI=1S/C24H21N9O2/c34-22(32-6-5-18-20(12-32)28-31-27-18)10-21-29-30-24(35-21)16-9-19-23(25-11-16)33(13-26-19)17-7-14-3-1-2-4-15(14)8-17/h1-4,9,11,13,17H,5-8,10,12H2,(H,27,28,31). The number of benzene rings is 1. The van der Waals surface area contributed by atoms with Crippen LogP contribution in [0.5, 0.6) is 0 Å². The number of amides is 1. The third kappa shape index (κ3) is 3.47. The van der Waals surface area contributed by atoms with E-state index >= 15 is 0 Å². The summed E-state index contributed by atoms with van der Waals surface area (Å²) in [6.07, 6.45) is 6.26. The molecule has 1 N–H and O–H groups in total. The fraction of sp³-hybridized carbons (Fsp3) is 0.292. The Morgan fingerprint density at radius 2 is 1.97 bits per heavy atom. The lowest BCUT2D eigenvalue weighted by atomic mass is 10.1. The molecule has 0 atom stereocenters. The van der Waals surface area contributed by atoms with Crippen LogP contribution in [0.3, 0.4) is 0 Å². The molecule has 0 spiro atoms. The largest absolute Gasteiger partial charge is 0.420 e. The first-order chi connectivity index (χ1) is 17.2. The molecular formula is C24H21N9O2. The number of H-pyrrole nitrogens is 1. The number of rotatable bonds is 4. The number of nitrogens with one attached hydrogen (secondary N) is 1. The summed E-state index contributed by atoms with van der Waals surface area (Å²) in [4.78, 5) is 23.7. The van der Waals surface area contributed by atoms with Crippen molar-refractivity contribution in [3.8, 4) is 11.5 Å². The molecule has 1 aromatic carbocycles. The predicted molar refractivity (Wildman–Crippen MR) is 123 cm³/mol. The van der Waals surface area contributed by atoms with Gasteiger partial charge >= 0.3 is 0 Å². The van der Waals surface area contributed by atoms with Gasteiger partial charge in [0.25, 0.3) is 0 Å². The number of pyridine rings is 1. The second-order valence-electron chi connectivity index (χ2n) is 9.03. The quantitative estimate of drug-likeness (QED) is 0.425. The Balaban J connectivity index is 1.07. The molecule has 1 aliphatic carbocycles. The third-order valence-electron chi connectivity index (χ3n) is 6.88. The van der Waals surface area contributed by atoms with Crippen LogP contribution >= 0.6 is 0 Å².